The normalized spacial score (nSPS) is 16.0. The molecule has 0 aliphatic carbocycles. The summed E-state index contributed by atoms with van der Waals surface area (Å²) in [6.07, 6.45) is 1.15. The Kier molecular flexibility index (Phi) is 4.64. The lowest BCUT2D eigenvalue weighted by atomic mass is 9.99. The molecule has 0 fully saturated rings. The molecule has 1 heterocycles. The zero-order valence-electron chi connectivity index (χ0n) is 13.2. The molecule has 0 radical (unpaired) electrons. The number of nitrogens with zero attached hydrogens (tertiary/aromatic N) is 1. The van der Waals surface area contributed by atoms with Crippen molar-refractivity contribution in [2.45, 2.75) is 19.9 Å². The standard InChI is InChI=1S/C19H24N2O/c1-15(14-22-19-8-6-18(20)7-9-19)12-21-11-10-16-4-2-3-5-17(16)13-21/h2-9,15H,10-14,20H2,1H3. The Morgan fingerprint density at radius 3 is 2.59 bits per heavy atom. The Labute approximate surface area is 132 Å². The second kappa shape index (κ2) is 6.84. The highest BCUT2D eigenvalue weighted by Gasteiger charge is 2.17. The van der Waals surface area contributed by atoms with E-state index in [1.165, 1.54) is 11.1 Å². The Morgan fingerprint density at radius 1 is 1.09 bits per heavy atom. The van der Waals surface area contributed by atoms with Crippen LogP contribution < -0.4 is 10.5 Å². The summed E-state index contributed by atoms with van der Waals surface area (Å²) in [6, 6.07) is 16.4. The molecule has 3 heteroatoms. The average Bonchev–Trinajstić information content (AvgIpc) is 2.54. The molecule has 2 aromatic rings. The molecule has 0 aromatic heterocycles. The minimum Gasteiger partial charge on any atom is -0.493 e. The lowest BCUT2D eigenvalue weighted by Gasteiger charge is -2.30. The fraction of sp³-hybridized carbons (Fsp3) is 0.368. The molecule has 0 saturated heterocycles. The fourth-order valence-corrected chi connectivity index (χ4v) is 3.01. The van der Waals surface area contributed by atoms with Crippen molar-refractivity contribution in [1.29, 1.82) is 0 Å². The van der Waals surface area contributed by atoms with E-state index in [-0.39, 0.29) is 0 Å². The van der Waals surface area contributed by atoms with E-state index in [2.05, 4.69) is 36.1 Å². The molecule has 0 spiro atoms. The summed E-state index contributed by atoms with van der Waals surface area (Å²) in [5, 5.41) is 0. The molecule has 2 aromatic carbocycles. The van der Waals surface area contributed by atoms with Gasteiger partial charge in [0, 0.05) is 31.2 Å². The van der Waals surface area contributed by atoms with Gasteiger partial charge in [0.25, 0.3) is 0 Å². The number of nitrogens with two attached hydrogens (primary N) is 1. The maximum atomic E-state index is 5.85. The van der Waals surface area contributed by atoms with Crippen LogP contribution in [0.2, 0.25) is 0 Å². The lowest BCUT2D eigenvalue weighted by Crippen LogP contribution is -2.35. The van der Waals surface area contributed by atoms with Gasteiger partial charge in [0.1, 0.15) is 5.75 Å². The molecule has 2 N–H and O–H groups in total. The lowest BCUT2D eigenvalue weighted by molar-refractivity contribution is 0.174. The van der Waals surface area contributed by atoms with Gasteiger partial charge in [0.2, 0.25) is 0 Å². The first-order chi connectivity index (χ1) is 10.7. The van der Waals surface area contributed by atoms with E-state index < -0.39 is 0 Å². The second-order valence-electron chi connectivity index (χ2n) is 6.24. The third-order valence-electron chi connectivity index (χ3n) is 4.19. The van der Waals surface area contributed by atoms with Crippen molar-refractivity contribution in [1.82, 2.24) is 4.90 Å². The van der Waals surface area contributed by atoms with E-state index in [1.54, 1.807) is 0 Å². The number of nitrogen functional groups attached to an aromatic ring is 1. The number of anilines is 1. The Morgan fingerprint density at radius 2 is 1.82 bits per heavy atom. The summed E-state index contributed by atoms with van der Waals surface area (Å²) in [5.74, 6) is 1.40. The van der Waals surface area contributed by atoms with Crippen LogP contribution in [0.15, 0.2) is 48.5 Å². The van der Waals surface area contributed by atoms with Crippen LogP contribution in [0.1, 0.15) is 18.1 Å². The fourth-order valence-electron chi connectivity index (χ4n) is 3.01. The van der Waals surface area contributed by atoms with Crippen LogP contribution in [0.4, 0.5) is 5.69 Å². The second-order valence-corrected chi connectivity index (χ2v) is 6.24. The SMILES string of the molecule is CC(COc1ccc(N)cc1)CN1CCc2ccccc2C1. The van der Waals surface area contributed by atoms with E-state index in [0.717, 1.165) is 44.1 Å². The molecule has 1 aliphatic heterocycles. The van der Waals surface area contributed by atoms with E-state index in [9.17, 15) is 0 Å². The van der Waals surface area contributed by atoms with Gasteiger partial charge < -0.3 is 10.5 Å². The van der Waals surface area contributed by atoms with Crippen LogP contribution in [0.3, 0.4) is 0 Å². The first-order valence-corrected chi connectivity index (χ1v) is 7.98. The van der Waals surface area contributed by atoms with Gasteiger partial charge in [-0.3, -0.25) is 4.90 Å². The number of benzene rings is 2. The summed E-state index contributed by atoms with van der Waals surface area (Å²) < 4.78 is 5.85. The minimum atomic E-state index is 0.503. The molecule has 116 valence electrons. The molecule has 0 amide bonds. The van der Waals surface area contributed by atoms with E-state index in [0.29, 0.717) is 5.92 Å². The third kappa shape index (κ3) is 3.80. The van der Waals surface area contributed by atoms with Crippen LogP contribution in [0.5, 0.6) is 5.75 Å². The monoisotopic (exact) mass is 296 g/mol. The van der Waals surface area contributed by atoms with Crippen LogP contribution in [-0.2, 0) is 13.0 Å². The van der Waals surface area contributed by atoms with E-state index in [1.807, 2.05) is 24.3 Å². The molecule has 1 unspecified atom stereocenters. The van der Waals surface area contributed by atoms with Gasteiger partial charge >= 0.3 is 0 Å². The maximum absolute atomic E-state index is 5.85. The molecular formula is C19H24N2O. The molecule has 1 atom stereocenters. The van der Waals surface area contributed by atoms with Crippen molar-refractivity contribution in [3.05, 3.63) is 59.7 Å². The highest BCUT2D eigenvalue weighted by molar-refractivity contribution is 5.41. The Bertz CT molecular complexity index is 609. The van der Waals surface area contributed by atoms with Gasteiger partial charge in [0.05, 0.1) is 6.61 Å². The zero-order chi connectivity index (χ0) is 15.4. The van der Waals surface area contributed by atoms with Crippen molar-refractivity contribution in [2.75, 3.05) is 25.4 Å². The molecule has 22 heavy (non-hydrogen) atoms. The van der Waals surface area contributed by atoms with Crippen molar-refractivity contribution >= 4 is 5.69 Å². The number of hydrogen-bond donors (Lipinski definition) is 1. The van der Waals surface area contributed by atoms with Gasteiger partial charge in [-0.1, -0.05) is 31.2 Å². The predicted molar refractivity (Wildman–Crippen MR) is 90.9 cm³/mol. The zero-order valence-corrected chi connectivity index (χ0v) is 13.2. The van der Waals surface area contributed by atoms with Crippen LogP contribution in [0, 0.1) is 5.92 Å². The van der Waals surface area contributed by atoms with E-state index in [4.69, 9.17) is 10.5 Å². The van der Waals surface area contributed by atoms with Crippen molar-refractivity contribution in [3.8, 4) is 5.75 Å². The van der Waals surface area contributed by atoms with Crippen molar-refractivity contribution < 1.29 is 4.74 Å². The Hall–Kier alpha value is -2.00. The third-order valence-corrected chi connectivity index (χ3v) is 4.19. The summed E-state index contributed by atoms with van der Waals surface area (Å²) in [5.41, 5.74) is 9.43. The van der Waals surface area contributed by atoms with Crippen molar-refractivity contribution in [2.24, 2.45) is 5.92 Å². The summed E-state index contributed by atoms with van der Waals surface area (Å²) in [6.45, 7) is 6.26. The molecule has 0 saturated carbocycles. The van der Waals surface area contributed by atoms with Gasteiger partial charge in [-0.2, -0.15) is 0 Å². The van der Waals surface area contributed by atoms with Gasteiger partial charge in [-0.05, 0) is 41.8 Å². The predicted octanol–water partition coefficient (Wildman–Crippen LogP) is 3.34. The van der Waals surface area contributed by atoms with Crippen LogP contribution in [-0.4, -0.2) is 24.6 Å². The molecule has 1 aliphatic rings. The molecular weight excluding hydrogens is 272 g/mol. The summed E-state index contributed by atoms with van der Waals surface area (Å²) >= 11 is 0. The van der Waals surface area contributed by atoms with Crippen LogP contribution >= 0.6 is 0 Å². The highest BCUT2D eigenvalue weighted by Crippen LogP contribution is 2.20. The van der Waals surface area contributed by atoms with Crippen LogP contribution in [0.25, 0.3) is 0 Å². The quantitative estimate of drug-likeness (QED) is 0.860. The van der Waals surface area contributed by atoms with Gasteiger partial charge in [-0.25, -0.2) is 0 Å². The largest absolute Gasteiger partial charge is 0.493 e. The summed E-state index contributed by atoms with van der Waals surface area (Å²) in [7, 11) is 0. The number of ether oxygens (including phenoxy) is 1. The summed E-state index contributed by atoms with van der Waals surface area (Å²) in [4.78, 5) is 2.53. The molecule has 0 bridgehead atoms. The topological polar surface area (TPSA) is 38.5 Å². The number of rotatable bonds is 5. The highest BCUT2D eigenvalue weighted by atomic mass is 16.5. The number of fused-ring (bicyclic) bond motifs is 1. The van der Waals surface area contributed by atoms with Gasteiger partial charge in [-0.15, -0.1) is 0 Å². The van der Waals surface area contributed by atoms with Crippen molar-refractivity contribution in [3.63, 3.8) is 0 Å². The molecule has 3 rings (SSSR count). The number of hydrogen-bond acceptors (Lipinski definition) is 3. The minimum absolute atomic E-state index is 0.503. The van der Waals surface area contributed by atoms with Gasteiger partial charge in [0.15, 0.2) is 0 Å². The Balaban J connectivity index is 1.48. The molecule has 3 nitrogen and oxygen atoms in total. The van der Waals surface area contributed by atoms with E-state index >= 15 is 0 Å². The maximum Gasteiger partial charge on any atom is 0.119 e. The first-order valence-electron chi connectivity index (χ1n) is 7.98. The smallest absolute Gasteiger partial charge is 0.119 e. The average molecular weight is 296 g/mol. The first kappa shape index (κ1) is 14.9.